The topological polar surface area (TPSA) is 68.9 Å². The third-order valence-electron chi connectivity index (χ3n) is 1.66. The van der Waals surface area contributed by atoms with Gasteiger partial charge in [0, 0.05) is 10.5 Å². The van der Waals surface area contributed by atoms with Gasteiger partial charge in [0.25, 0.3) is 5.69 Å². The minimum atomic E-state index is -0.409. The molecule has 0 radical (unpaired) electrons. The van der Waals surface area contributed by atoms with E-state index < -0.39 is 4.92 Å². The third kappa shape index (κ3) is 2.57. The van der Waals surface area contributed by atoms with Crippen molar-refractivity contribution in [2.45, 2.75) is 9.24 Å². The molecular weight excluding hydrogens is 314 g/mol. The molecule has 8 heteroatoms. The van der Waals surface area contributed by atoms with Crippen LogP contribution in [0.25, 0.3) is 0 Å². The van der Waals surface area contributed by atoms with E-state index in [2.05, 4.69) is 25.3 Å². The lowest BCUT2D eigenvalue weighted by atomic mass is 10.3. The smallest absolute Gasteiger partial charge is 0.258 e. The van der Waals surface area contributed by atoms with Gasteiger partial charge in [-0.1, -0.05) is 27.7 Å². The second kappa shape index (κ2) is 4.89. The van der Waals surface area contributed by atoms with Crippen LogP contribution in [0.3, 0.4) is 0 Å². The van der Waals surface area contributed by atoms with Crippen LogP contribution in [-0.4, -0.2) is 14.3 Å². The van der Waals surface area contributed by atoms with Gasteiger partial charge in [-0.2, -0.15) is 4.37 Å². The second-order valence-corrected chi connectivity index (χ2v) is 5.66. The van der Waals surface area contributed by atoms with Crippen molar-refractivity contribution in [3.63, 3.8) is 0 Å². The van der Waals surface area contributed by atoms with Crippen molar-refractivity contribution in [3.8, 4) is 0 Å². The van der Waals surface area contributed by atoms with E-state index in [1.54, 1.807) is 12.1 Å². The van der Waals surface area contributed by atoms with Crippen molar-refractivity contribution < 1.29 is 4.92 Å². The summed E-state index contributed by atoms with van der Waals surface area (Å²) < 4.78 is 5.21. The van der Waals surface area contributed by atoms with Crippen LogP contribution >= 0.6 is 39.2 Å². The Labute approximate surface area is 107 Å². The SMILES string of the molecule is O=[N+]([O-])c1cc(Br)ccc1Sc1ncns1. The van der Waals surface area contributed by atoms with Crippen LogP contribution in [0.2, 0.25) is 0 Å². The first-order valence-corrected chi connectivity index (χ1v) is 6.43. The fourth-order valence-electron chi connectivity index (χ4n) is 1.02. The zero-order valence-electron chi connectivity index (χ0n) is 7.66. The average molecular weight is 318 g/mol. The zero-order valence-corrected chi connectivity index (χ0v) is 10.9. The minimum Gasteiger partial charge on any atom is -0.258 e. The maximum Gasteiger partial charge on any atom is 0.284 e. The van der Waals surface area contributed by atoms with Crippen molar-refractivity contribution in [1.82, 2.24) is 9.36 Å². The number of nitrogens with zero attached hydrogens (tertiary/aromatic N) is 3. The zero-order chi connectivity index (χ0) is 11.5. The molecule has 2 rings (SSSR count). The lowest BCUT2D eigenvalue weighted by Crippen LogP contribution is -1.90. The van der Waals surface area contributed by atoms with Gasteiger partial charge in [-0.15, -0.1) is 0 Å². The summed E-state index contributed by atoms with van der Waals surface area (Å²) in [6, 6.07) is 4.92. The van der Waals surface area contributed by atoms with Gasteiger partial charge in [0.2, 0.25) is 0 Å². The van der Waals surface area contributed by atoms with Gasteiger partial charge in [0.15, 0.2) is 4.34 Å². The maximum absolute atomic E-state index is 10.8. The number of halogens is 1. The van der Waals surface area contributed by atoms with E-state index in [0.717, 1.165) is 0 Å². The Hall–Kier alpha value is -0.990. The Morgan fingerprint density at radius 1 is 1.50 bits per heavy atom. The number of hydrogen-bond acceptors (Lipinski definition) is 6. The highest BCUT2D eigenvalue weighted by Gasteiger charge is 2.16. The molecule has 0 unspecified atom stereocenters. The first-order valence-electron chi connectivity index (χ1n) is 4.05. The summed E-state index contributed by atoms with van der Waals surface area (Å²) in [6.45, 7) is 0. The Bertz CT molecular complexity index is 518. The summed E-state index contributed by atoms with van der Waals surface area (Å²) >= 11 is 5.65. The molecule has 5 nitrogen and oxygen atoms in total. The Morgan fingerprint density at radius 3 is 2.94 bits per heavy atom. The molecule has 1 heterocycles. The number of rotatable bonds is 3. The van der Waals surface area contributed by atoms with Gasteiger partial charge in [-0.05, 0) is 23.7 Å². The molecule has 1 aromatic heterocycles. The molecule has 0 N–H and O–H groups in total. The Balaban J connectivity index is 2.36. The van der Waals surface area contributed by atoms with Gasteiger partial charge in [-0.3, -0.25) is 10.1 Å². The molecule has 0 fully saturated rings. The second-order valence-electron chi connectivity index (χ2n) is 2.68. The van der Waals surface area contributed by atoms with E-state index in [4.69, 9.17) is 0 Å². The van der Waals surface area contributed by atoms with E-state index >= 15 is 0 Å². The molecule has 0 spiro atoms. The van der Waals surface area contributed by atoms with Gasteiger partial charge >= 0.3 is 0 Å². The summed E-state index contributed by atoms with van der Waals surface area (Å²) in [7, 11) is 0. The molecule has 16 heavy (non-hydrogen) atoms. The molecule has 0 amide bonds. The normalized spacial score (nSPS) is 10.3. The quantitative estimate of drug-likeness (QED) is 0.641. The fraction of sp³-hybridized carbons (Fsp3) is 0. The molecule has 1 aromatic carbocycles. The highest BCUT2D eigenvalue weighted by molar-refractivity contribution is 9.10. The van der Waals surface area contributed by atoms with E-state index in [9.17, 15) is 10.1 Å². The predicted octanol–water partition coefficient (Wildman–Crippen LogP) is 3.36. The largest absolute Gasteiger partial charge is 0.284 e. The predicted molar refractivity (Wildman–Crippen MR) is 64.8 cm³/mol. The van der Waals surface area contributed by atoms with Crippen LogP contribution in [0.1, 0.15) is 0 Å². The minimum absolute atomic E-state index is 0.0644. The van der Waals surface area contributed by atoms with Gasteiger partial charge in [0.1, 0.15) is 6.33 Å². The van der Waals surface area contributed by atoms with Crippen molar-refractivity contribution in [1.29, 1.82) is 0 Å². The molecule has 2 aromatic rings. The highest BCUT2D eigenvalue weighted by atomic mass is 79.9. The number of benzene rings is 1. The maximum atomic E-state index is 10.8. The van der Waals surface area contributed by atoms with E-state index in [0.29, 0.717) is 13.7 Å². The monoisotopic (exact) mass is 317 g/mol. The molecule has 0 aliphatic heterocycles. The van der Waals surface area contributed by atoms with E-state index in [1.165, 1.54) is 35.7 Å². The summed E-state index contributed by atoms with van der Waals surface area (Å²) in [4.78, 5) is 15.0. The molecule has 0 saturated carbocycles. The van der Waals surface area contributed by atoms with E-state index in [1.807, 2.05) is 0 Å². The summed E-state index contributed by atoms with van der Waals surface area (Å²) in [6.07, 6.45) is 1.43. The summed E-state index contributed by atoms with van der Waals surface area (Å²) in [5, 5.41) is 10.8. The third-order valence-corrected chi connectivity index (χ3v) is 3.93. The van der Waals surface area contributed by atoms with E-state index in [-0.39, 0.29) is 5.69 Å². The number of nitro benzene ring substituents is 1. The van der Waals surface area contributed by atoms with Crippen molar-refractivity contribution in [3.05, 3.63) is 39.1 Å². The molecule has 0 aliphatic rings. The first-order chi connectivity index (χ1) is 7.66. The first kappa shape index (κ1) is 11.5. The van der Waals surface area contributed by atoms with Crippen molar-refractivity contribution in [2.75, 3.05) is 0 Å². The van der Waals surface area contributed by atoms with Crippen LogP contribution in [0.5, 0.6) is 0 Å². The van der Waals surface area contributed by atoms with Crippen LogP contribution in [0.4, 0.5) is 5.69 Å². The van der Waals surface area contributed by atoms with Gasteiger partial charge < -0.3 is 0 Å². The van der Waals surface area contributed by atoms with Crippen LogP contribution < -0.4 is 0 Å². The van der Waals surface area contributed by atoms with Crippen molar-refractivity contribution in [2.24, 2.45) is 0 Å². The lowest BCUT2D eigenvalue weighted by Gasteiger charge is -2.00. The fourth-order valence-corrected chi connectivity index (χ4v) is 2.86. The molecule has 0 atom stereocenters. The highest BCUT2D eigenvalue weighted by Crippen LogP contribution is 2.36. The molecule has 0 bridgehead atoms. The van der Waals surface area contributed by atoms with Crippen LogP contribution in [-0.2, 0) is 0 Å². The Morgan fingerprint density at radius 2 is 2.31 bits per heavy atom. The van der Waals surface area contributed by atoms with Gasteiger partial charge in [0.05, 0.1) is 9.82 Å². The van der Waals surface area contributed by atoms with Crippen LogP contribution in [0.15, 0.2) is 38.2 Å². The molecule has 0 saturated heterocycles. The van der Waals surface area contributed by atoms with Crippen LogP contribution in [0, 0.1) is 10.1 Å². The number of hydrogen-bond donors (Lipinski definition) is 0. The summed E-state index contributed by atoms with van der Waals surface area (Å²) in [5.74, 6) is 0. The number of nitro groups is 1. The standard InChI is InChI=1S/C8H4BrN3O2S2/c9-5-1-2-7(6(3-5)12(13)14)15-8-10-4-11-16-8/h1-4H. The number of aromatic nitrogens is 2. The average Bonchev–Trinajstić information content (AvgIpc) is 2.73. The lowest BCUT2D eigenvalue weighted by molar-refractivity contribution is -0.387. The van der Waals surface area contributed by atoms with Gasteiger partial charge in [-0.25, -0.2) is 4.98 Å². The van der Waals surface area contributed by atoms with Crippen molar-refractivity contribution >= 4 is 44.9 Å². The molecule has 0 aliphatic carbocycles. The molecule has 82 valence electrons. The summed E-state index contributed by atoms with van der Waals surface area (Å²) in [5.41, 5.74) is 0.0644. The molecular formula is C8H4BrN3O2S2. The Kier molecular flexibility index (Phi) is 3.52.